The second kappa shape index (κ2) is 6.73. The summed E-state index contributed by atoms with van der Waals surface area (Å²) < 4.78 is 0. The molecule has 0 bridgehead atoms. The Kier molecular flexibility index (Phi) is 4.72. The third-order valence-corrected chi connectivity index (χ3v) is 2.99. The average Bonchev–Trinajstić information content (AvgIpc) is 2.49. The minimum absolute atomic E-state index is 0.836. The van der Waals surface area contributed by atoms with Gasteiger partial charge in [-0.05, 0) is 18.6 Å². The Labute approximate surface area is 114 Å². The largest absolute Gasteiger partial charge is 0.373 e. The summed E-state index contributed by atoms with van der Waals surface area (Å²) in [5.74, 6) is 1.77. The Morgan fingerprint density at radius 3 is 2.63 bits per heavy atom. The molecule has 1 N–H and O–H groups in total. The van der Waals surface area contributed by atoms with Crippen LogP contribution in [0.2, 0.25) is 0 Å². The lowest BCUT2D eigenvalue weighted by atomic mass is 10.2. The summed E-state index contributed by atoms with van der Waals surface area (Å²) in [6, 6.07) is 12.3. The van der Waals surface area contributed by atoms with Crippen molar-refractivity contribution in [3.8, 4) is 0 Å². The maximum absolute atomic E-state index is 4.39. The summed E-state index contributed by atoms with van der Waals surface area (Å²) in [5.41, 5.74) is 1.16. The van der Waals surface area contributed by atoms with Gasteiger partial charge in [-0.25, -0.2) is 9.97 Å². The highest BCUT2D eigenvalue weighted by Crippen LogP contribution is 2.24. The molecule has 100 valence electrons. The summed E-state index contributed by atoms with van der Waals surface area (Å²) in [4.78, 5) is 10.8. The van der Waals surface area contributed by atoms with E-state index in [9.17, 15) is 0 Å². The van der Waals surface area contributed by atoms with E-state index in [1.54, 1.807) is 6.33 Å². The van der Waals surface area contributed by atoms with Crippen LogP contribution in [-0.2, 0) is 0 Å². The van der Waals surface area contributed by atoms with Gasteiger partial charge in [0.25, 0.3) is 0 Å². The highest BCUT2D eigenvalue weighted by atomic mass is 15.2. The van der Waals surface area contributed by atoms with E-state index in [-0.39, 0.29) is 0 Å². The Balaban J connectivity index is 2.31. The van der Waals surface area contributed by atoms with Crippen molar-refractivity contribution in [3.63, 3.8) is 0 Å². The minimum atomic E-state index is 0.836. The number of hydrogen-bond donors (Lipinski definition) is 1. The molecule has 0 aliphatic rings. The van der Waals surface area contributed by atoms with Crippen LogP contribution in [-0.4, -0.2) is 23.6 Å². The molecule has 19 heavy (non-hydrogen) atoms. The van der Waals surface area contributed by atoms with Crippen molar-refractivity contribution in [3.05, 3.63) is 42.7 Å². The third-order valence-electron chi connectivity index (χ3n) is 2.99. The van der Waals surface area contributed by atoms with Gasteiger partial charge in [-0.2, -0.15) is 0 Å². The molecular weight excluding hydrogens is 236 g/mol. The lowest BCUT2D eigenvalue weighted by molar-refractivity contribution is 0.778. The number of nitrogens with one attached hydrogen (secondary N) is 1. The van der Waals surface area contributed by atoms with E-state index in [4.69, 9.17) is 0 Å². The van der Waals surface area contributed by atoms with Crippen LogP contribution in [0.1, 0.15) is 19.8 Å². The molecule has 4 heteroatoms. The smallest absolute Gasteiger partial charge is 0.138 e. The molecule has 0 aliphatic carbocycles. The zero-order valence-electron chi connectivity index (χ0n) is 11.5. The number of rotatable bonds is 6. The number of para-hydroxylation sites is 1. The fourth-order valence-electron chi connectivity index (χ4n) is 1.93. The predicted molar refractivity (Wildman–Crippen MR) is 79.9 cm³/mol. The van der Waals surface area contributed by atoms with Crippen LogP contribution in [0.5, 0.6) is 0 Å². The molecule has 2 aromatic rings. The van der Waals surface area contributed by atoms with E-state index >= 15 is 0 Å². The molecule has 0 fully saturated rings. The Bertz CT molecular complexity index is 499. The quantitative estimate of drug-likeness (QED) is 0.859. The molecule has 1 aromatic carbocycles. The first-order valence-electron chi connectivity index (χ1n) is 6.67. The van der Waals surface area contributed by atoms with Crippen LogP contribution in [0.3, 0.4) is 0 Å². The summed E-state index contributed by atoms with van der Waals surface area (Å²) in [7, 11) is 1.87. The molecule has 1 aromatic heterocycles. The molecule has 0 saturated heterocycles. The highest BCUT2D eigenvalue weighted by molar-refractivity contribution is 5.61. The fraction of sp³-hybridized carbons (Fsp3) is 0.333. The number of hydrogen-bond acceptors (Lipinski definition) is 4. The van der Waals surface area contributed by atoms with Crippen LogP contribution in [0.25, 0.3) is 0 Å². The molecule has 0 unspecified atom stereocenters. The van der Waals surface area contributed by atoms with Crippen LogP contribution >= 0.6 is 0 Å². The van der Waals surface area contributed by atoms with Crippen LogP contribution in [0.15, 0.2) is 42.7 Å². The van der Waals surface area contributed by atoms with Crippen molar-refractivity contribution in [2.75, 3.05) is 23.8 Å². The molecule has 2 rings (SSSR count). The van der Waals surface area contributed by atoms with Crippen LogP contribution in [0, 0.1) is 0 Å². The zero-order valence-corrected chi connectivity index (χ0v) is 11.5. The third kappa shape index (κ3) is 3.44. The maximum Gasteiger partial charge on any atom is 0.138 e. The molecule has 0 saturated carbocycles. The number of unbranched alkanes of at least 4 members (excludes halogenated alkanes) is 1. The number of aromatic nitrogens is 2. The van der Waals surface area contributed by atoms with Gasteiger partial charge in [-0.1, -0.05) is 31.5 Å². The molecule has 1 heterocycles. The van der Waals surface area contributed by atoms with Crippen molar-refractivity contribution < 1.29 is 0 Å². The molecule has 4 nitrogen and oxygen atoms in total. The zero-order chi connectivity index (χ0) is 13.5. The number of nitrogens with zero attached hydrogens (tertiary/aromatic N) is 3. The Morgan fingerprint density at radius 1 is 1.16 bits per heavy atom. The summed E-state index contributed by atoms with van der Waals surface area (Å²) in [6.45, 7) is 3.16. The van der Waals surface area contributed by atoms with Gasteiger partial charge < -0.3 is 10.2 Å². The van der Waals surface area contributed by atoms with Gasteiger partial charge in [0.05, 0.1) is 0 Å². The van der Waals surface area contributed by atoms with Crippen LogP contribution in [0.4, 0.5) is 17.3 Å². The van der Waals surface area contributed by atoms with Gasteiger partial charge in [0, 0.05) is 25.3 Å². The van der Waals surface area contributed by atoms with Gasteiger partial charge in [0.15, 0.2) is 0 Å². The first-order chi connectivity index (χ1) is 9.35. The SMILES string of the molecule is CCCCN(c1ccccc1)c1cc(NC)ncn1. The standard InChI is InChI=1S/C15H20N4/c1-3-4-10-19(13-8-6-5-7-9-13)15-11-14(16-2)17-12-18-15/h5-9,11-12H,3-4,10H2,1-2H3,(H,16,17,18). The summed E-state index contributed by atoms with van der Waals surface area (Å²) in [6.07, 6.45) is 3.89. The van der Waals surface area contributed by atoms with E-state index in [1.807, 2.05) is 19.2 Å². The fourth-order valence-corrected chi connectivity index (χ4v) is 1.93. The van der Waals surface area contributed by atoms with E-state index in [2.05, 4.69) is 51.4 Å². The predicted octanol–water partition coefficient (Wildman–Crippen LogP) is 3.46. The van der Waals surface area contributed by atoms with Gasteiger partial charge in [-0.3, -0.25) is 0 Å². The van der Waals surface area contributed by atoms with Crippen LogP contribution < -0.4 is 10.2 Å². The van der Waals surface area contributed by atoms with E-state index in [0.717, 1.165) is 36.7 Å². The monoisotopic (exact) mass is 256 g/mol. The maximum atomic E-state index is 4.39. The van der Waals surface area contributed by atoms with E-state index in [1.165, 1.54) is 0 Å². The molecule has 0 atom stereocenters. The van der Waals surface area contributed by atoms with Crippen molar-refractivity contribution in [2.45, 2.75) is 19.8 Å². The first kappa shape index (κ1) is 13.3. The minimum Gasteiger partial charge on any atom is -0.373 e. The normalized spacial score (nSPS) is 10.2. The first-order valence-corrected chi connectivity index (χ1v) is 6.67. The van der Waals surface area contributed by atoms with Gasteiger partial charge in [0.1, 0.15) is 18.0 Å². The molecule has 0 aliphatic heterocycles. The van der Waals surface area contributed by atoms with Gasteiger partial charge in [0.2, 0.25) is 0 Å². The molecular formula is C15H20N4. The lowest BCUT2D eigenvalue weighted by Crippen LogP contribution is -2.19. The second-order valence-electron chi connectivity index (χ2n) is 4.35. The van der Waals surface area contributed by atoms with Crippen molar-refractivity contribution in [1.29, 1.82) is 0 Å². The number of anilines is 3. The van der Waals surface area contributed by atoms with E-state index < -0.39 is 0 Å². The average molecular weight is 256 g/mol. The number of benzene rings is 1. The summed E-state index contributed by atoms with van der Waals surface area (Å²) in [5, 5.41) is 3.05. The van der Waals surface area contributed by atoms with Crippen molar-refractivity contribution in [1.82, 2.24) is 9.97 Å². The molecule has 0 spiro atoms. The Hall–Kier alpha value is -2.10. The van der Waals surface area contributed by atoms with Crippen molar-refractivity contribution >= 4 is 17.3 Å². The van der Waals surface area contributed by atoms with E-state index in [0.29, 0.717) is 0 Å². The second-order valence-corrected chi connectivity index (χ2v) is 4.35. The van der Waals surface area contributed by atoms with Gasteiger partial charge in [-0.15, -0.1) is 0 Å². The van der Waals surface area contributed by atoms with Gasteiger partial charge >= 0.3 is 0 Å². The van der Waals surface area contributed by atoms with Crippen molar-refractivity contribution in [2.24, 2.45) is 0 Å². The lowest BCUT2D eigenvalue weighted by Gasteiger charge is -2.23. The Morgan fingerprint density at radius 2 is 1.95 bits per heavy atom. The summed E-state index contributed by atoms with van der Waals surface area (Å²) >= 11 is 0. The molecule has 0 amide bonds. The molecule has 0 radical (unpaired) electrons. The highest BCUT2D eigenvalue weighted by Gasteiger charge is 2.10. The topological polar surface area (TPSA) is 41.0 Å².